The smallest absolute Gasteiger partial charge is 0.251 e. The highest BCUT2D eigenvalue weighted by Gasteiger charge is 2.09. The predicted molar refractivity (Wildman–Crippen MR) is 76.4 cm³/mol. The van der Waals surface area contributed by atoms with Gasteiger partial charge in [-0.05, 0) is 34.1 Å². The molecule has 1 aromatic carbocycles. The van der Waals surface area contributed by atoms with Gasteiger partial charge in [-0.1, -0.05) is 11.6 Å². The minimum Gasteiger partial charge on any atom is -0.383 e. The molecule has 0 radical (unpaired) electrons. The molecule has 0 spiro atoms. The van der Waals surface area contributed by atoms with Gasteiger partial charge < -0.3 is 15.4 Å². The molecule has 1 rings (SSSR count). The fraction of sp³-hybridized carbons (Fsp3) is 0.333. The summed E-state index contributed by atoms with van der Waals surface area (Å²) < 4.78 is 5.50. The number of hydrogen-bond acceptors (Lipinski definition) is 3. The second-order valence-electron chi connectivity index (χ2n) is 3.65. The summed E-state index contributed by atoms with van der Waals surface area (Å²) >= 11 is 9.12. The van der Waals surface area contributed by atoms with Gasteiger partial charge in [0, 0.05) is 23.7 Å². The molecule has 5 nitrogen and oxygen atoms in total. The Kier molecular flexibility index (Phi) is 6.83. The Morgan fingerprint density at radius 1 is 1.37 bits per heavy atom. The van der Waals surface area contributed by atoms with Crippen LogP contribution in [0.1, 0.15) is 10.4 Å². The van der Waals surface area contributed by atoms with E-state index in [9.17, 15) is 9.59 Å². The highest BCUT2D eigenvalue weighted by atomic mass is 79.9. The van der Waals surface area contributed by atoms with Crippen molar-refractivity contribution in [2.75, 3.05) is 26.8 Å². The second kappa shape index (κ2) is 8.14. The third kappa shape index (κ3) is 5.59. The summed E-state index contributed by atoms with van der Waals surface area (Å²) in [5.74, 6) is -0.620. The van der Waals surface area contributed by atoms with Gasteiger partial charge in [0.25, 0.3) is 5.91 Å². The fourth-order valence-corrected chi connectivity index (χ4v) is 1.68. The summed E-state index contributed by atoms with van der Waals surface area (Å²) in [6.45, 7) is 0.757. The lowest BCUT2D eigenvalue weighted by Crippen LogP contribution is -2.38. The zero-order valence-corrected chi connectivity index (χ0v) is 12.7. The third-order valence-electron chi connectivity index (χ3n) is 2.22. The van der Waals surface area contributed by atoms with Crippen molar-refractivity contribution >= 4 is 39.3 Å². The van der Waals surface area contributed by atoms with Crippen LogP contribution in [0.25, 0.3) is 0 Å². The molecule has 19 heavy (non-hydrogen) atoms. The monoisotopic (exact) mass is 348 g/mol. The summed E-state index contributed by atoms with van der Waals surface area (Å²) in [4.78, 5) is 23.1. The van der Waals surface area contributed by atoms with Crippen LogP contribution < -0.4 is 10.6 Å². The maximum Gasteiger partial charge on any atom is 0.251 e. The molecule has 2 amide bonds. The first-order chi connectivity index (χ1) is 9.04. The van der Waals surface area contributed by atoms with E-state index >= 15 is 0 Å². The summed E-state index contributed by atoms with van der Waals surface area (Å²) in [6.07, 6.45) is 0. The average molecular weight is 350 g/mol. The fourth-order valence-electron chi connectivity index (χ4n) is 1.26. The van der Waals surface area contributed by atoms with Crippen LogP contribution in [0.3, 0.4) is 0 Å². The first-order valence-electron chi connectivity index (χ1n) is 5.53. The molecule has 0 aliphatic rings. The van der Waals surface area contributed by atoms with Gasteiger partial charge in [-0.2, -0.15) is 0 Å². The SMILES string of the molecule is COCCNC(=O)CNC(=O)c1ccc(Br)c(Cl)c1. The molecule has 7 heteroatoms. The highest BCUT2D eigenvalue weighted by molar-refractivity contribution is 9.10. The van der Waals surface area contributed by atoms with Gasteiger partial charge in [0.15, 0.2) is 0 Å². The van der Waals surface area contributed by atoms with E-state index in [0.717, 1.165) is 0 Å². The molecule has 0 aliphatic carbocycles. The largest absolute Gasteiger partial charge is 0.383 e. The number of hydrogen-bond donors (Lipinski definition) is 2. The van der Waals surface area contributed by atoms with Crippen molar-refractivity contribution in [1.29, 1.82) is 0 Å². The van der Waals surface area contributed by atoms with E-state index in [1.54, 1.807) is 19.2 Å². The van der Waals surface area contributed by atoms with E-state index in [0.29, 0.717) is 28.2 Å². The summed E-state index contributed by atoms with van der Waals surface area (Å²) in [7, 11) is 1.55. The minimum atomic E-state index is -0.351. The van der Waals surface area contributed by atoms with Gasteiger partial charge >= 0.3 is 0 Å². The zero-order valence-electron chi connectivity index (χ0n) is 10.3. The van der Waals surface area contributed by atoms with Crippen molar-refractivity contribution in [3.63, 3.8) is 0 Å². The van der Waals surface area contributed by atoms with Crippen LogP contribution in [0.15, 0.2) is 22.7 Å². The summed E-state index contributed by atoms with van der Waals surface area (Å²) in [6, 6.07) is 4.83. The first kappa shape index (κ1) is 15.9. The number of methoxy groups -OCH3 is 1. The Bertz CT molecular complexity index is 468. The van der Waals surface area contributed by atoms with Crippen molar-refractivity contribution in [2.45, 2.75) is 0 Å². The molecule has 0 aliphatic heterocycles. The predicted octanol–water partition coefficient (Wildman–Crippen LogP) is 1.59. The molecular weight excluding hydrogens is 336 g/mol. The highest BCUT2D eigenvalue weighted by Crippen LogP contribution is 2.22. The van der Waals surface area contributed by atoms with Gasteiger partial charge in [-0.15, -0.1) is 0 Å². The van der Waals surface area contributed by atoms with E-state index in [1.807, 2.05) is 0 Å². The Hall–Kier alpha value is -1.11. The lowest BCUT2D eigenvalue weighted by molar-refractivity contribution is -0.120. The number of amides is 2. The van der Waals surface area contributed by atoms with Crippen molar-refractivity contribution < 1.29 is 14.3 Å². The van der Waals surface area contributed by atoms with Crippen molar-refractivity contribution in [3.8, 4) is 0 Å². The van der Waals surface area contributed by atoms with Crippen LogP contribution in [0.2, 0.25) is 5.02 Å². The normalized spacial score (nSPS) is 10.1. The van der Waals surface area contributed by atoms with Gasteiger partial charge in [-0.25, -0.2) is 0 Å². The lowest BCUT2D eigenvalue weighted by Gasteiger charge is -2.07. The van der Waals surface area contributed by atoms with Crippen LogP contribution in [0.4, 0.5) is 0 Å². The van der Waals surface area contributed by atoms with Gasteiger partial charge in [0.2, 0.25) is 5.91 Å². The molecular formula is C12H14BrClN2O3. The second-order valence-corrected chi connectivity index (χ2v) is 4.92. The molecule has 0 saturated carbocycles. The number of halogens is 2. The van der Waals surface area contributed by atoms with Crippen LogP contribution in [-0.2, 0) is 9.53 Å². The first-order valence-corrected chi connectivity index (χ1v) is 6.70. The molecule has 0 saturated heterocycles. The minimum absolute atomic E-state index is 0.0871. The summed E-state index contributed by atoms with van der Waals surface area (Å²) in [5, 5.41) is 5.55. The molecule has 2 N–H and O–H groups in total. The maximum absolute atomic E-state index is 11.8. The number of carbonyl (C=O) groups is 2. The standard InChI is InChI=1S/C12H14BrClN2O3/c1-19-5-4-15-11(17)7-16-12(18)8-2-3-9(13)10(14)6-8/h2-3,6H,4-5,7H2,1H3,(H,15,17)(H,16,18). The van der Waals surface area contributed by atoms with E-state index < -0.39 is 0 Å². The summed E-state index contributed by atoms with van der Waals surface area (Å²) in [5.41, 5.74) is 0.401. The van der Waals surface area contributed by atoms with E-state index in [2.05, 4.69) is 26.6 Å². The van der Waals surface area contributed by atoms with Crippen molar-refractivity contribution in [1.82, 2.24) is 10.6 Å². The van der Waals surface area contributed by atoms with E-state index in [1.165, 1.54) is 6.07 Å². The van der Waals surface area contributed by atoms with Crippen LogP contribution in [0, 0.1) is 0 Å². The molecule has 0 aromatic heterocycles. The lowest BCUT2D eigenvalue weighted by atomic mass is 10.2. The van der Waals surface area contributed by atoms with Crippen LogP contribution in [0.5, 0.6) is 0 Å². The van der Waals surface area contributed by atoms with Gasteiger partial charge in [0.1, 0.15) is 0 Å². The van der Waals surface area contributed by atoms with Gasteiger partial charge in [-0.3, -0.25) is 9.59 Å². The van der Waals surface area contributed by atoms with Crippen LogP contribution in [-0.4, -0.2) is 38.6 Å². The maximum atomic E-state index is 11.8. The molecule has 0 atom stereocenters. The number of carbonyl (C=O) groups excluding carboxylic acids is 2. The quantitative estimate of drug-likeness (QED) is 0.767. The number of rotatable bonds is 6. The Morgan fingerprint density at radius 3 is 2.74 bits per heavy atom. The van der Waals surface area contributed by atoms with E-state index in [-0.39, 0.29) is 18.4 Å². The number of benzene rings is 1. The van der Waals surface area contributed by atoms with E-state index in [4.69, 9.17) is 16.3 Å². The molecule has 0 fully saturated rings. The Balaban J connectivity index is 2.42. The Morgan fingerprint density at radius 2 is 2.11 bits per heavy atom. The molecule has 1 aromatic rings. The number of nitrogens with one attached hydrogen (secondary N) is 2. The van der Waals surface area contributed by atoms with Crippen molar-refractivity contribution in [2.24, 2.45) is 0 Å². The third-order valence-corrected chi connectivity index (χ3v) is 3.45. The molecule has 0 unspecified atom stereocenters. The number of ether oxygens (including phenoxy) is 1. The average Bonchev–Trinajstić information content (AvgIpc) is 2.39. The molecule has 0 bridgehead atoms. The molecule has 104 valence electrons. The van der Waals surface area contributed by atoms with Crippen LogP contribution >= 0.6 is 27.5 Å². The van der Waals surface area contributed by atoms with Crippen molar-refractivity contribution in [3.05, 3.63) is 33.3 Å². The Labute approximate surface area is 124 Å². The topological polar surface area (TPSA) is 67.4 Å². The molecule has 0 heterocycles. The van der Waals surface area contributed by atoms with Gasteiger partial charge in [0.05, 0.1) is 18.2 Å². The zero-order chi connectivity index (χ0) is 14.3.